The van der Waals surface area contributed by atoms with Crippen LogP contribution in [0.4, 0.5) is 0 Å². The van der Waals surface area contributed by atoms with Gasteiger partial charge in [-0.2, -0.15) is 17.0 Å². The Labute approximate surface area is 141 Å². The fourth-order valence-electron chi connectivity index (χ4n) is 2.74. The summed E-state index contributed by atoms with van der Waals surface area (Å²) in [5.41, 5.74) is 2.75. The van der Waals surface area contributed by atoms with E-state index in [0.717, 1.165) is 34.8 Å². The van der Waals surface area contributed by atoms with Gasteiger partial charge in [0, 0.05) is 43.5 Å². The predicted molar refractivity (Wildman–Crippen MR) is 91.4 cm³/mol. The second-order valence-corrected chi connectivity index (χ2v) is 8.78. The van der Waals surface area contributed by atoms with Crippen LogP contribution in [-0.2, 0) is 10.2 Å². The molecule has 0 N–H and O–H groups in total. The summed E-state index contributed by atoms with van der Waals surface area (Å²) in [5, 5.41) is 2.94. The van der Waals surface area contributed by atoms with E-state index in [0.29, 0.717) is 6.54 Å². The Hall–Kier alpha value is -1.35. The molecule has 0 aromatic carbocycles. The quantitative estimate of drug-likeness (QED) is 0.848. The van der Waals surface area contributed by atoms with Gasteiger partial charge in [0.1, 0.15) is 5.01 Å². The van der Waals surface area contributed by atoms with Gasteiger partial charge in [-0.25, -0.2) is 4.98 Å². The van der Waals surface area contributed by atoms with Crippen molar-refractivity contribution in [3.63, 3.8) is 0 Å². The molecule has 23 heavy (non-hydrogen) atoms. The van der Waals surface area contributed by atoms with Crippen molar-refractivity contribution in [1.29, 1.82) is 0 Å². The van der Waals surface area contributed by atoms with Gasteiger partial charge in [-0.05, 0) is 31.9 Å². The zero-order valence-corrected chi connectivity index (χ0v) is 15.1. The average Bonchev–Trinajstić information content (AvgIpc) is 3.16. The molecule has 1 aliphatic rings. The van der Waals surface area contributed by atoms with Gasteiger partial charge in [0.05, 0.1) is 11.7 Å². The Morgan fingerprint density at radius 1 is 1.35 bits per heavy atom. The smallest absolute Gasteiger partial charge is 0.259 e. The van der Waals surface area contributed by atoms with E-state index in [4.69, 9.17) is 0 Å². The highest BCUT2D eigenvalue weighted by Crippen LogP contribution is 2.34. The molecule has 0 bridgehead atoms. The number of rotatable bonds is 4. The third kappa shape index (κ3) is 3.16. The van der Waals surface area contributed by atoms with Crippen LogP contribution in [0, 0.1) is 6.92 Å². The van der Waals surface area contributed by atoms with Crippen LogP contribution >= 0.6 is 11.3 Å². The van der Waals surface area contributed by atoms with Crippen molar-refractivity contribution < 1.29 is 8.42 Å². The van der Waals surface area contributed by atoms with Gasteiger partial charge < -0.3 is 0 Å². The fourth-order valence-corrected chi connectivity index (χ4v) is 4.84. The van der Waals surface area contributed by atoms with Gasteiger partial charge in [0.25, 0.3) is 10.2 Å². The van der Waals surface area contributed by atoms with Crippen molar-refractivity contribution in [3.05, 3.63) is 35.1 Å². The lowest BCUT2D eigenvalue weighted by molar-refractivity contribution is 0.358. The molecular weight excluding hydrogens is 332 g/mol. The maximum Gasteiger partial charge on any atom is 0.282 e. The van der Waals surface area contributed by atoms with Crippen LogP contribution in [0.25, 0.3) is 10.6 Å². The third-order valence-corrected chi connectivity index (χ3v) is 6.92. The van der Waals surface area contributed by atoms with Crippen LogP contribution in [0.2, 0.25) is 0 Å². The normalized spacial score (nSPS) is 19.6. The molecule has 0 aliphatic carbocycles. The highest BCUT2D eigenvalue weighted by atomic mass is 32.2. The van der Waals surface area contributed by atoms with Gasteiger partial charge in [-0.15, -0.1) is 11.3 Å². The van der Waals surface area contributed by atoms with E-state index in [2.05, 4.69) is 9.97 Å². The molecular formula is C15H20N4O2S2. The minimum Gasteiger partial charge on any atom is -0.259 e. The molecule has 1 atom stereocenters. The summed E-state index contributed by atoms with van der Waals surface area (Å²) in [6.07, 6.45) is 3.44. The second kappa shape index (κ2) is 6.27. The number of pyridine rings is 1. The van der Waals surface area contributed by atoms with E-state index in [1.54, 1.807) is 35.9 Å². The molecule has 3 rings (SSSR count). The standard InChI is InChI=1S/C15H20N4O2S2/c1-11-10-22-15(17-11)12-6-7-13(16-9-12)14-5-4-8-19(14)23(20,21)18(2)3/h6-7,9-10,14H,4-5,8H2,1-3H3/t14-/m1/s1. The molecule has 2 aromatic rings. The van der Waals surface area contributed by atoms with Crippen LogP contribution < -0.4 is 0 Å². The van der Waals surface area contributed by atoms with Gasteiger partial charge in [-0.1, -0.05) is 0 Å². The van der Waals surface area contributed by atoms with Crippen molar-refractivity contribution in [2.24, 2.45) is 0 Å². The van der Waals surface area contributed by atoms with Crippen LogP contribution in [-0.4, -0.2) is 47.6 Å². The van der Waals surface area contributed by atoms with E-state index in [-0.39, 0.29) is 6.04 Å². The Morgan fingerprint density at radius 3 is 2.70 bits per heavy atom. The van der Waals surface area contributed by atoms with Gasteiger partial charge in [0.2, 0.25) is 0 Å². The Balaban J connectivity index is 1.87. The molecule has 1 saturated heterocycles. The molecule has 6 nitrogen and oxygen atoms in total. The van der Waals surface area contributed by atoms with Crippen LogP contribution in [0.1, 0.15) is 30.3 Å². The Kier molecular flexibility index (Phi) is 4.50. The molecule has 2 aromatic heterocycles. The molecule has 1 aliphatic heterocycles. The first-order chi connectivity index (χ1) is 10.9. The summed E-state index contributed by atoms with van der Waals surface area (Å²) in [4.78, 5) is 8.96. The van der Waals surface area contributed by atoms with Crippen molar-refractivity contribution in [2.75, 3.05) is 20.6 Å². The van der Waals surface area contributed by atoms with E-state index in [1.165, 1.54) is 4.31 Å². The lowest BCUT2D eigenvalue weighted by Crippen LogP contribution is -2.39. The van der Waals surface area contributed by atoms with Crippen LogP contribution in [0.15, 0.2) is 23.7 Å². The summed E-state index contributed by atoms with van der Waals surface area (Å²) < 4.78 is 27.7. The predicted octanol–water partition coefficient (Wildman–Crippen LogP) is 2.46. The summed E-state index contributed by atoms with van der Waals surface area (Å²) >= 11 is 1.59. The first-order valence-corrected chi connectivity index (χ1v) is 9.75. The molecule has 8 heteroatoms. The monoisotopic (exact) mass is 352 g/mol. The number of aromatic nitrogens is 2. The summed E-state index contributed by atoms with van der Waals surface area (Å²) in [5.74, 6) is 0. The number of hydrogen-bond acceptors (Lipinski definition) is 5. The molecule has 1 fully saturated rings. The number of aryl methyl sites for hydroxylation is 1. The van der Waals surface area contributed by atoms with Gasteiger partial charge in [-0.3, -0.25) is 4.98 Å². The zero-order valence-electron chi connectivity index (χ0n) is 13.4. The van der Waals surface area contributed by atoms with E-state index < -0.39 is 10.2 Å². The van der Waals surface area contributed by atoms with E-state index >= 15 is 0 Å². The lowest BCUT2D eigenvalue weighted by atomic mass is 10.1. The molecule has 0 spiro atoms. The van der Waals surface area contributed by atoms with Crippen LogP contribution in [0.3, 0.4) is 0 Å². The summed E-state index contributed by atoms with van der Waals surface area (Å²) in [6.45, 7) is 2.50. The molecule has 3 heterocycles. The Bertz CT molecular complexity index is 784. The van der Waals surface area contributed by atoms with Crippen molar-refractivity contribution >= 4 is 21.5 Å². The summed E-state index contributed by atoms with van der Waals surface area (Å²) in [7, 11) is -0.293. The number of nitrogens with zero attached hydrogens (tertiary/aromatic N) is 4. The van der Waals surface area contributed by atoms with Crippen molar-refractivity contribution in [2.45, 2.75) is 25.8 Å². The molecule has 124 valence electrons. The number of hydrogen-bond donors (Lipinski definition) is 0. The molecule has 0 amide bonds. The minimum atomic E-state index is -3.42. The minimum absolute atomic E-state index is 0.186. The average molecular weight is 352 g/mol. The Morgan fingerprint density at radius 2 is 2.13 bits per heavy atom. The maximum atomic E-state index is 12.4. The fraction of sp³-hybridized carbons (Fsp3) is 0.467. The zero-order chi connectivity index (χ0) is 16.6. The summed E-state index contributed by atoms with van der Waals surface area (Å²) in [6, 6.07) is 3.70. The SMILES string of the molecule is Cc1csc(-c2ccc([C@H]3CCCN3S(=O)(=O)N(C)C)nc2)n1. The lowest BCUT2D eigenvalue weighted by Gasteiger charge is -2.26. The topological polar surface area (TPSA) is 66.4 Å². The molecule has 0 radical (unpaired) electrons. The molecule has 0 unspecified atom stereocenters. The second-order valence-electron chi connectivity index (χ2n) is 5.82. The van der Waals surface area contributed by atoms with Crippen molar-refractivity contribution in [1.82, 2.24) is 18.6 Å². The van der Waals surface area contributed by atoms with E-state index in [1.807, 2.05) is 24.4 Å². The van der Waals surface area contributed by atoms with Crippen LogP contribution in [0.5, 0.6) is 0 Å². The van der Waals surface area contributed by atoms with Gasteiger partial charge >= 0.3 is 0 Å². The van der Waals surface area contributed by atoms with E-state index in [9.17, 15) is 8.42 Å². The number of thiazole rings is 1. The largest absolute Gasteiger partial charge is 0.282 e. The third-order valence-electron chi connectivity index (χ3n) is 3.96. The first kappa shape index (κ1) is 16.5. The highest BCUT2D eigenvalue weighted by molar-refractivity contribution is 7.86. The highest BCUT2D eigenvalue weighted by Gasteiger charge is 2.37. The molecule has 0 saturated carbocycles. The maximum absolute atomic E-state index is 12.4. The first-order valence-electron chi connectivity index (χ1n) is 7.47. The van der Waals surface area contributed by atoms with Crippen molar-refractivity contribution in [3.8, 4) is 10.6 Å². The van der Waals surface area contributed by atoms with Gasteiger partial charge in [0.15, 0.2) is 0 Å².